The number of rotatable bonds is 6. The van der Waals surface area contributed by atoms with Crippen molar-refractivity contribution in [2.24, 2.45) is 0 Å². The van der Waals surface area contributed by atoms with Crippen LogP contribution in [0.1, 0.15) is 6.42 Å². The van der Waals surface area contributed by atoms with Gasteiger partial charge in [-0.3, -0.25) is 9.59 Å². The highest BCUT2D eigenvalue weighted by Crippen LogP contribution is 2.34. The SMILES string of the molecule is COCC(=O)N[C@@H]1CN(c2nc(N)c3cc(OC)c(OC)cc3n2)CC[C@@H]1O.O=CO. The van der Waals surface area contributed by atoms with E-state index in [0.717, 1.165) is 0 Å². The minimum absolute atomic E-state index is 0.0652. The van der Waals surface area contributed by atoms with Crippen LogP contribution in [0.2, 0.25) is 0 Å². The average Bonchev–Trinajstić information content (AvgIpc) is 2.75. The van der Waals surface area contributed by atoms with Gasteiger partial charge in [0.25, 0.3) is 6.47 Å². The fraction of sp³-hybridized carbons (Fsp3) is 0.474. The van der Waals surface area contributed by atoms with Gasteiger partial charge in [-0.2, -0.15) is 4.98 Å². The lowest BCUT2D eigenvalue weighted by molar-refractivity contribution is -0.126. The number of ether oxygens (including phenoxy) is 3. The van der Waals surface area contributed by atoms with Crippen LogP contribution in [-0.4, -0.2) is 85.7 Å². The number of nitrogens with zero attached hydrogens (tertiary/aromatic N) is 3. The van der Waals surface area contributed by atoms with Crippen molar-refractivity contribution in [2.45, 2.75) is 18.6 Å². The number of benzene rings is 1. The second-order valence-electron chi connectivity index (χ2n) is 6.65. The first-order valence-electron chi connectivity index (χ1n) is 9.36. The molecule has 5 N–H and O–H groups in total. The Balaban J connectivity index is 0.00000107. The molecule has 31 heavy (non-hydrogen) atoms. The Labute approximate surface area is 178 Å². The fourth-order valence-electron chi connectivity index (χ4n) is 3.25. The van der Waals surface area contributed by atoms with Crippen LogP contribution in [-0.2, 0) is 14.3 Å². The van der Waals surface area contributed by atoms with Crippen LogP contribution >= 0.6 is 0 Å². The smallest absolute Gasteiger partial charge is 0.290 e. The zero-order valence-corrected chi connectivity index (χ0v) is 17.6. The monoisotopic (exact) mass is 437 g/mol. The van der Waals surface area contributed by atoms with Crippen molar-refractivity contribution in [3.63, 3.8) is 0 Å². The Morgan fingerprint density at radius 2 is 1.94 bits per heavy atom. The molecule has 1 fully saturated rings. The van der Waals surface area contributed by atoms with Crippen molar-refractivity contribution >= 4 is 35.0 Å². The topological polar surface area (TPSA) is 169 Å². The number of nitrogens with two attached hydrogens (primary N) is 1. The number of hydrogen-bond acceptors (Lipinski definition) is 10. The number of anilines is 2. The molecule has 1 aliphatic heterocycles. The quantitative estimate of drug-likeness (QED) is 0.435. The predicted octanol–water partition coefficient (Wildman–Crippen LogP) is -0.368. The normalized spacial score (nSPS) is 18.0. The maximum atomic E-state index is 11.8. The van der Waals surface area contributed by atoms with Crippen molar-refractivity contribution in [3.8, 4) is 11.5 Å². The lowest BCUT2D eigenvalue weighted by Gasteiger charge is -2.36. The number of fused-ring (bicyclic) bond motifs is 1. The molecule has 3 rings (SSSR count). The van der Waals surface area contributed by atoms with Gasteiger partial charge in [0, 0.05) is 31.7 Å². The maximum Gasteiger partial charge on any atom is 0.290 e. The van der Waals surface area contributed by atoms with Crippen molar-refractivity contribution < 1.29 is 34.0 Å². The summed E-state index contributed by atoms with van der Waals surface area (Å²) < 4.78 is 15.5. The Morgan fingerprint density at radius 3 is 2.55 bits per heavy atom. The second kappa shape index (κ2) is 11.1. The van der Waals surface area contributed by atoms with Gasteiger partial charge in [0.2, 0.25) is 11.9 Å². The highest BCUT2D eigenvalue weighted by molar-refractivity contribution is 5.91. The van der Waals surface area contributed by atoms with Gasteiger partial charge in [-0.1, -0.05) is 0 Å². The van der Waals surface area contributed by atoms with E-state index in [0.29, 0.717) is 53.7 Å². The largest absolute Gasteiger partial charge is 0.493 e. The highest BCUT2D eigenvalue weighted by Gasteiger charge is 2.30. The van der Waals surface area contributed by atoms with E-state index in [2.05, 4.69) is 15.3 Å². The number of piperidine rings is 1. The van der Waals surface area contributed by atoms with Crippen molar-refractivity contribution in [2.75, 3.05) is 51.7 Å². The van der Waals surface area contributed by atoms with Crippen LogP contribution in [0.15, 0.2) is 12.1 Å². The van der Waals surface area contributed by atoms with Crippen LogP contribution < -0.4 is 25.4 Å². The van der Waals surface area contributed by atoms with E-state index < -0.39 is 12.1 Å². The van der Waals surface area contributed by atoms with E-state index in [9.17, 15) is 9.90 Å². The van der Waals surface area contributed by atoms with Crippen molar-refractivity contribution in [3.05, 3.63) is 12.1 Å². The van der Waals surface area contributed by atoms with Crippen LogP contribution in [0.25, 0.3) is 10.9 Å². The van der Waals surface area contributed by atoms with Gasteiger partial charge in [0.15, 0.2) is 11.5 Å². The highest BCUT2D eigenvalue weighted by atomic mass is 16.5. The zero-order valence-electron chi connectivity index (χ0n) is 17.6. The molecule has 0 unspecified atom stereocenters. The molecule has 12 heteroatoms. The minimum Gasteiger partial charge on any atom is -0.493 e. The molecule has 1 aromatic carbocycles. The number of carboxylic acid groups (broad SMARTS) is 1. The Bertz CT molecular complexity index is 911. The first-order valence-corrected chi connectivity index (χ1v) is 9.36. The van der Waals surface area contributed by atoms with E-state index in [-0.39, 0.29) is 19.0 Å². The number of hydrogen-bond donors (Lipinski definition) is 4. The molecule has 0 saturated carbocycles. The van der Waals surface area contributed by atoms with Gasteiger partial charge in [-0.25, -0.2) is 4.98 Å². The molecule has 0 aliphatic carbocycles. The number of nitrogens with one attached hydrogen (secondary N) is 1. The van der Waals surface area contributed by atoms with Crippen LogP contribution in [0.3, 0.4) is 0 Å². The van der Waals surface area contributed by atoms with Gasteiger partial charge in [-0.05, 0) is 12.5 Å². The summed E-state index contributed by atoms with van der Waals surface area (Å²) in [4.78, 5) is 31.1. The molecule has 1 aliphatic rings. The van der Waals surface area contributed by atoms with E-state index in [1.807, 2.05) is 4.90 Å². The minimum atomic E-state index is -0.654. The Kier molecular flexibility index (Phi) is 8.58. The third-order valence-electron chi connectivity index (χ3n) is 4.70. The Hall–Kier alpha value is -3.38. The van der Waals surface area contributed by atoms with Gasteiger partial charge in [0.05, 0.1) is 31.9 Å². The summed E-state index contributed by atoms with van der Waals surface area (Å²) in [5.41, 5.74) is 6.77. The molecule has 12 nitrogen and oxygen atoms in total. The van der Waals surface area contributed by atoms with E-state index in [4.69, 9.17) is 29.8 Å². The molecule has 0 bridgehead atoms. The first-order chi connectivity index (χ1) is 14.9. The number of aliphatic hydroxyl groups is 1. The number of carbonyl (C=O) groups is 2. The number of carbonyl (C=O) groups excluding carboxylic acids is 1. The van der Waals surface area contributed by atoms with Crippen LogP contribution in [0.5, 0.6) is 11.5 Å². The van der Waals surface area contributed by atoms with Gasteiger partial charge in [-0.15, -0.1) is 0 Å². The summed E-state index contributed by atoms with van der Waals surface area (Å²) in [7, 11) is 4.54. The third-order valence-corrected chi connectivity index (χ3v) is 4.70. The molecule has 1 amide bonds. The molecule has 2 heterocycles. The van der Waals surface area contributed by atoms with Crippen molar-refractivity contribution in [1.82, 2.24) is 15.3 Å². The molecular formula is C19H27N5O7. The van der Waals surface area contributed by atoms with E-state index >= 15 is 0 Å². The van der Waals surface area contributed by atoms with Gasteiger partial charge >= 0.3 is 0 Å². The maximum absolute atomic E-state index is 11.8. The number of amides is 1. The lowest BCUT2D eigenvalue weighted by atomic mass is 10.0. The Morgan fingerprint density at radius 1 is 1.29 bits per heavy atom. The summed E-state index contributed by atoms with van der Waals surface area (Å²) in [5, 5.41) is 20.5. The van der Waals surface area contributed by atoms with Crippen LogP contribution in [0.4, 0.5) is 11.8 Å². The molecule has 1 aromatic heterocycles. The van der Waals surface area contributed by atoms with E-state index in [1.54, 1.807) is 26.4 Å². The number of methoxy groups -OCH3 is 3. The number of aliphatic hydroxyl groups excluding tert-OH is 1. The third kappa shape index (κ3) is 5.83. The van der Waals surface area contributed by atoms with Gasteiger partial charge in [0.1, 0.15) is 12.4 Å². The molecule has 0 spiro atoms. The standard InChI is InChI=1S/C18H25N5O5.CH2O2/c1-26-9-16(25)20-12-8-23(5-4-13(12)24)18-21-11-7-15(28-3)14(27-2)6-10(11)17(19)22-18;2-1-3/h6-7,12-13,24H,4-5,8-9H2,1-3H3,(H,20,25)(H2,19,21,22);1H,(H,2,3)/t12-,13+;/m1./s1. The molecule has 2 atom stereocenters. The summed E-state index contributed by atoms with van der Waals surface area (Å²) in [6.45, 7) is 0.579. The number of aromatic nitrogens is 2. The first kappa shape index (κ1) is 23.9. The van der Waals surface area contributed by atoms with E-state index in [1.165, 1.54) is 7.11 Å². The molecule has 170 valence electrons. The lowest BCUT2D eigenvalue weighted by Crippen LogP contribution is -2.56. The predicted molar refractivity (Wildman–Crippen MR) is 112 cm³/mol. The number of nitrogen functional groups attached to an aromatic ring is 1. The summed E-state index contributed by atoms with van der Waals surface area (Å²) in [6, 6.07) is 3.02. The van der Waals surface area contributed by atoms with Crippen LogP contribution in [0, 0.1) is 0 Å². The average molecular weight is 437 g/mol. The second-order valence-corrected chi connectivity index (χ2v) is 6.65. The fourth-order valence-corrected chi connectivity index (χ4v) is 3.25. The molecular weight excluding hydrogens is 410 g/mol. The zero-order chi connectivity index (χ0) is 23.0. The van der Waals surface area contributed by atoms with Crippen molar-refractivity contribution in [1.29, 1.82) is 0 Å². The summed E-state index contributed by atoms with van der Waals surface area (Å²) in [5.74, 6) is 1.53. The summed E-state index contributed by atoms with van der Waals surface area (Å²) in [6.07, 6.45) is -0.190. The molecule has 0 radical (unpaired) electrons. The molecule has 1 saturated heterocycles. The van der Waals surface area contributed by atoms with Gasteiger partial charge < -0.3 is 40.4 Å². The summed E-state index contributed by atoms with van der Waals surface area (Å²) >= 11 is 0. The molecule has 2 aromatic rings.